The zero-order valence-corrected chi connectivity index (χ0v) is 15.0. The normalized spacial score (nSPS) is 14.7. The Morgan fingerprint density at radius 1 is 1.11 bits per heavy atom. The van der Waals surface area contributed by atoms with E-state index in [2.05, 4.69) is 4.98 Å². The number of nitrogens with zero attached hydrogens (tertiary/aromatic N) is 3. The van der Waals surface area contributed by atoms with Gasteiger partial charge in [0.25, 0.3) is 5.91 Å². The Balaban J connectivity index is 1.41. The lowest BCUT2D eigenvalue weighted by Crippen LogP contribution is -2.51. The van der Waals surface area contributed by atoms with Crippen molar-refractivity contribution in [3.8, 4) is 0 Å². The summed E-state index contributed by atoms with van der Waals surface area (Å²) in [6, 6.07) is 6.89. The summed E-state index contributed by atoms with van der Waals surface area (Å²) in [7, 11) is 1.62. The van der Waals surface area contributed by atoms with E-state index in [4.69, 9.17) is 4.42 Å². The number of benzene rings is 1. The predicted molar refractivity (Wildman–Crippen MR) is 98.4 cm³/mol. The third-order valence-corrected chi connectivity index (χ3v) is 4.98. The highest BCUT2D eigenvalue weighted by molar-refractivity contribution is 5.97. The maximum atomic E-state index is 12.8. The number of piperazine rings is 1. The highest BCUT2D eigenvalue weighted by Gasteiger charge is 2.25. The van der Waals surface area contributed by atoms with Crippen molar-refractivity contribution in [1.82, 2.24) is 19.4 Å². The van der Waals surface area contributed by atoms with Gasteiger partial charge in [-0.3, -0.25) is 14.2 Å². The van der Waals surface area contributed by atoms with Crippen molar-refractivity contribution < 1.29 is 14.0 Å². The van der Waals surface area contributed by atoms with Gasteiger partial charge in [0.05, 0.1) is 11.9 Å². The van der Waals surface area contributed by atoms with Crippen LogP contribution < -0.4 is 5.76 Å². The van der Waals surface area contributed by atoms with Gasteiger partial charge < -0.3 is 19.2 Å². The smallest absolute Gasteiger partial charge is 0.408 e. The van der Waals surface area contributed by atoms with Crippen LogP contribution in [0.25, 0.3) is 11.1 Å². The molecule has 0 bridgehead atoms. The molecule has 8 heteroatoms. The number of amides is 2. The van der Waals surface area contributed by atoms with Crippen LogP contribution >= 0.6 is 0 Å². The van der Waals surface area contributed by atoms with E-state index in [1.54, 1.807) is 41.2 Å². The van der Waals surface area contributed by atoms with Crippen LogP contribution in [0.1, 0.15) is 15.9 Å². The zero-order valence-electron chi connectivity index (χ0n) is 15.0. The highest BCUT2D eigenvalue weighted by Crippen LogP contribution is 2.17. The molecular formula is C19H20N4O4. The zero-order chi connectivity index (χ0) is 19.0. The summed E-state index contributed by atoms with van der Waals surface area (Å²) in [5.41, 5.74) is 2.48. The second kappa shape index (κ2) is 6.79. The Hall–Kier alpha value is -3.29. The van der Waals surface area contributed by atoms with Crippen LogP contribution in [0.15, 0.2) is 45.9 Å². The van der Waals surface area contributed by atoms with Crippen LogP contribution in [-0.4, -0.2) is 57.3 Å². The molecule has 1 N–H and O–H groups in total. The third-order valence-electron chi connectivity index (χ3n) is 4.98. The molecule has 1 saturated heterocycles. The number of rotatable bonds is 3. The highest BCUT2D eigenvalue weighted by atomic mass is 16.4. The second-order valence-corrected chi connectivity index (χ2v) is 6.68. The molecule has 3 aromatic rings. The number of nitrogens with one attached hydrogen (secondary N) is 1. The lowest BCUT2D eigenvalue weighted by molar-refractivity contribution is -0.131. The third kappa shape index (κ3) is 3.25. The Kier molecular flexibility index (Phi) is 4.31. The molecule has 0 saturated carbocycles. The summed E-state index contributed by atoms with van der Waals surface area (Å²) in [6.45, 7) is 1.98. The molecule has 0 radical (unpaired) electrons. The van der Waals surface area contributed by atoms with Crippen molar-refractivity contribution in [2.45, 2.75) is 6.42 Å². The Labute approximate surface area is 155 Å². The van der Waals surface area contributed by atoms with Crippen molar-refractivity contribution in [3.63, 3.8) is 0 Å². The lowest BCUT2D eigenvalue weighted by atomic mass is 10.1. The van der Waals surface area contributed by atoms with E-state index in [0.717, 1.165) is 5.56 Å². The minimum atomic E-state index is -0.454. The van der Waals surface area contributed by atoms with Crippen LogP contribution in [-0.2, 0) is 18.3 Å². The maximum absolute atomic E-state index is 12.8. The van der Waals surface area contributed by atoms with Crippen LogP contribution in [0.4, 0.5) is 0 Å². The monoisotopic (exact) mass is 368 g/mol. The average molecular weight is 368 g/mol. The number of H-pyrrole nitrogens is 1. The quantitative estimate of drug-likeness (QED) is 0.746. The van der Waals surface area contributed by atoms with Gasteiger partial charge in [0.15, 0.2) is 5.58 Å². The van der Waals surface area contributed by atoms with Crippen molar-refractivity contribution in [3.05, 3.63) is 58.3 Å². The van der Waals surface area contributed by atoms with Gasteiger partial charge in [0, 0.05) is 51.2 Å². The van der Waals surface area contributed by atoms with Gasteiger partial charge >= 0.3 is 5.76 Å². The Bertz CT molecular complexity index is 1040. The SMILES string of the molecule is Cn1c(=O)oc2cc(C(=O)N3CCN(C(=O)Cc4cc[nH]c4)CC3)ccc21. The summed E-state index contributed by atoms with van der Waals surface area (Å²) in [5, 5.41) is 0. The number of hydrogen-bond donors (Lipinski definition) is 1. The molecular weight excluding hydrogens is 348 g/mol. The van der Waals surface area contributed by atoms with E-state index in [9.17, 15) is 14.4 Å². The summed E-state index contributed by atoms with van der Waals surface area (Å²) >= 11 is 0. The summed E-state index contributed by atoms with van der Waals surface area (Å²) in [4.78, 5) is 43.2. The van der Waals surface area contributed by atoms with E-state index in [1.807, 2.05) is 12.3 Å². The molecule has 8 nitrogen and oxygen atoms in total. The van der Waals surface area contributed by atoms with Gasteiger partial charge in [-0.15, -0.1) is 0 Å². The van der Waals surface area contributed by atoms with Gasteiger partial charge in [-0.1, -0.05) is 0 Å². The Morgan fingerprint density at radius 2 is 1.85 bits per heavy atom. The first-order valence-electron chi connectivity index (χ1n) is 8.81. The first-order valence-corrected chi connectivity index (χ1v) is 8.81. The fourth-order valence-corrected chi connectivity index (χ4v) is 3.36. The molecule has 0 aliphatic carbocycles. The van der Waals surface area contributed by atoms with Crippen LogP contribution in [0.2, 0.25) is 0 Å². The van der Waals surface area contributed by atoms with Crippen molar-refractivity contribution in [1.29, 1.82) is 0 Å². The fraction of sp³-hybridized carbons (Fsp3) is 0.316. The van der Waals surface area contributed by atoms with Gasteiger partial charge in [0.2, 0.25) is 5.91 Å². The number of fused-ring (bicyclic) bond motifs is 1. The number of aryl methyl sites for hydroxylation is 1. The molecule has 3 heterocycles. The topological polar surface area (TPSA) is 91.6 Å². The fourth-order valence-electron chi connectivity index (χ4n) is 3.36. The Morgan fingerprint density at radius 3 is 2.56 bits per heavy atom. The molecule has 1 aliphatic rings. The maximum Gasteiger partial charge on any atom is 0.419 e. The number of hydrogen-bond acceptors (Lipinski definition) is 4. The van der Waals surface area contributed by atoms with E-state index < -0.39 is 5.76 Å². The van der Waals surface area contributed by atoms with Crippen molar-refractivity contribution >= 4 is 22.9 Å². The molecule has 0 unspecified atom stereocenters. The van der Waals surface area contributed by atoms with Crippen molar-refractivity contribution in [2.24, 2.45) is 7.05 Å². The van der Waals surface area contributed by atoms with Crippen LogP contribution in [0, 0.1) is 0 Å². The minimum Gasteiger partial charge on any atom is -0.408 e. The van der Waals surface area contributed by atoms with Gasteiger partial charge in [-0.2, -0.15) is 0 Å². The molecule has 2 aromatic heterocycles. The molecule has 0 atom stereocenters. The lowest BCUT2D eigenvalue weighted by Gasteiger charge is -2.34. The number of aromatic amines is 1. The molecule has 140 valence electrons. The number of carbonyl (C=O) groups is 2. The average Bonchev–Trinajstić information content (AvgIpc) is 3.29. The molecule has 1 aromatic carbocycles. The molecule has 2 amide bonds. The predicted octanol–water partition coefficient (Wildman–Crippen LogP) is 0.987. The van der Waals surface area contributed by atoms with Crippen LogP contribution in [0.5, 0.6) is 0 Å². The minimum absolute atomic E-state index is 0.0641. The molecule has 1 aliphatic heterocycles. The first kappa shape index (κ1) is 17.1. The van der Waals surface area contributed by atoms with Crippen LogP contribution in [0.3, 0.4) is 0 Å². The van der Waals surface area contributed by atoms with E-state index >= 15 is 0 Å². The van der Waals surface area contributed by atoms with E-state index in [1.165, 1.54) is 4.57 Å². The molecule has 1 fully saturated rings. The van der Waals surface area contributed by atoms with E-state index in [0.29, 0.717) is 49.3 Å². The van der Waals surface area contributed by atoms with Gasteiger partial charge in [0.1, 0.15) is 0 Å². The molecule has 27 heavy (non-hydrogen) atoms. The summed E-state index contributed by atoms with van der Waals surface area (Å²) in [6.07, 6.45) is 3.97. The second-order valence-electron chi connectivity index (χ2n) is 6.68. The number of carbonyl (C=O) groups excluding carboxylic acids is 2. The number of aromatic nitrogens is 2. The van der Waals surface area contributed by atoms with Crippen molar-refractivity contribution in [2.75, 3.05) is 26.2 Å². The van der Waals surface area contributed by atoms with E-state index in [-0.39, 0.29) is 11.8 Å². The molecule has 4 rings (SSSR count). The van der Waals surface area contributed by atoms with Gasteiger partial charge in [-0.05, 0) is 29.8 Å². The summed E-state index contributed by atoms with van der Waals surface area (Å²) < 4.78 is 6.56. The molecule has 0 spiro atoms. The number of oxazole rings is 1. The van der Waals surface area contributed by atoms with Gasteiger partial charge in [-0.25, -0.2) is 4.79 Å². The first-order chi connectivity index (χ1) is 13.0. The largest absolute Gasteiger partial charge is 0.419 e. The standard InChI is InChI=1S/C19H20N4O4/c1-21-15-3-2-14(11-16(15)27-19(21)26)18(25)23-8-6-22(7-9-23)17(24)10-13-4-5-20-12-13/h2-5,11-12,20H,6-10H2,1H3. The summed E-state index contributed by atoms with van der Waals surface area (Å²) in [5.74, 6) is -0.514.